The van der Waals surface area contributed by atoms with Crippen molar-refractivity contribution in [1.29, 1.82) is 0 Å². The van der Waals surface area contributed by atoms with E-state index in [2.05, 4.69) is 5.32 Å². The first-order chi connectivity index (χ1) is 10.8. The van der Waals surface area contributed by atoms with Crippen LogP contribution >= 0.6 is 0 Å². The summed E-state index contributed by atoms with van der Waals surface area (Å²) in [6.45, 7) is 0.885. The Balaban J connectivity index is 0.000000745. The van der Waals surface area contributed by atoms with Crippen molar-refractivity contribution in [1.82, 2.24) is 5.32 Å². The lowest BCUT2D eigenvalue weighted by molar-refractivity contribution is 0.140. The van der Waals surface area contributed by atoms with Crippen LogP contribution in [0.1, 0.15) is 11.1 Å². The number of amides is 1. The highest BCUT2D eigenvalue weighted by molar-refractivity contribution is 6.13. The summed E-state index contributed by atoms with van der Waals surface area (Å²) in [5.74, 6) is 0. The third-order valence-corrected chi connectivity index (χ3v) is 2.74. The maximum atomic E-state index is 11.5. The molecular weight excluding hydrogens is 281 g/mol. The van der Waals surface area contributed by atoms with Gasteiger partial charge in [0, 0.05) is 6.54 Å². The van der Waals surface area contributed by atoms with Crippen molar-refractivity contribution < 1.29 is 19.6 Å². The number of rotatable bonds is 5. The molecular formula is C16H19BNO4. The van der Waals surface area contributed by atoms with Crippen LogP contribution in [0.2, 0.25) is 0 Å². The molecule has 0 aromatic heterocycles. The molecule has 22 heavy (non-hydrogen) atoms. The molecule has 2 rings (SSSR count). The van der Waals surface area contributed by atoms with Crippen molar-refractivity contribution in [3.05, 3.63) is 71.8 Å². The largest absolute Gasteiger partial charge is 0.482 e. The van der Waals surface area contributed by atoms with Crippen LogP contribution in [0.4, 0.5) is 4.79 Å². The van der Waals surface area contributed by atoms with Crippen LogP contribution in [0.25, 0.3) is 0 Å². The summed E-state index contributed by atoms with van der Waals surface area (Å²) in [6, 6.07) is 19.7. The molecule has 0 fully saturated rings. The van der Waals surface area contributed by atoms with Crippen LogP contribution in [-0.2, 0) is 17.8 Å². The van der Waals surface area contributed by atoms with Crippen molar-refractivity contribution in [3.8, 4) is 0 Å². The van der Waals surface area contributed by atoms with Crippen LogP contribution in [-0.4, -0.2) is 30.4 Å². The van der Waals surface area contributed by atoms with Crippen LogP contribution in [0.15, 0.2) is 60.7 Å². The molecule has 0 unspecified atom stereocenters. The van der Waals surface area contributed by atoms with Crippen molar-refractivity contribution in [2.75, 3.05) is 6.54 Å². The monoisotopic (exact) mass is 300 g/mol. The van der Waals surface area contributed by atoms with E-state index in [1.807, 2.05) is 60.7 Å². The normalized spacial score (nSPS) is 9.18. The summed E-state index contributed by atoms with van der Waals surface area (Å²) < 4.78 is 5.12. The standard InChI is InChI=1S/C16H17NO2.BH2O2/c18-16(19-13-15-9-5-2-6-10-15)17-12-11-14-7-3-1-4-8-14;2-1-3/h1-10H,11-13H2,(H,17,18);2-3H. The van der Waals surface area contributed by atoms with Crippen LogP contribution < -0.4 is 5.32 Å². The predicted octanol–water partition coefficient (Wildman–Crippen LogP) is 1.66. The van der Waals surface area contributed by atoms with Crippen molar-refractivity contribution in [3.63, 3.8) is 0 Å². The van der Waals surface area contributed by atoms with E-state index in [0.717, 1.165) is 12.0 Å². The second kappa shape index (κ2) is 11.4. The van der Waals surface area contributed by atoms with E-state index in [9.17, 15) is 4.79 Å². The fourth-order valence-corrected chi connectivity index (χ4v) is 1.73. The number of carbonyl (C=O) groups is 1. The van der Waals surface area contributed by atoms with Gasteiger partial charge in [-0.05, 0) is 17.5 Å². The van der Waals surface area contributed by atoms with Gasteiger partial charge in [0.05, 0.1) is 0 Å². The van der Waals surface area contributed by atoms with Gasteiger partial charge >= 0.3 is 13.8 Å². The number of carbonyl (C=O) groups excluding carboxylic acids is 1. The third-order valence-electron chi connectivity index (χ3n) is 2.74. The highest BCUT2D eigenvalue weighted by Gasteiger charge is 2.01. The van der Waals surface area contributed by atoms with Crippen molar-refractivity contribution in [2.24, 2.45) is 0 Å². The quantitative estimate of drug-likeness (QED) is 0.734. The first-order valence-corrected chi connectivity index (χ1v) is 6.85. The average molecular weight is 300 g/mol. The Labute approximate surface area is 130 Å². The number of alkyl carbamates (subject to hydrolysis) is 1. The van der Waals surface area contributed by atoms with Gasteiger partial charge in [0.1, 0.15) is 6.61 Å². The molecule has 0 saturated heterocycles. The summed E-state index contributed by atoms with van der Waals surface area (Å²) in [7, 11) is 0. The molecule has 6 heteroatoms. The fourth-order valence-electron chi connectivity index (χ4n) is 1.73. The Bertz CT molecular complexity index is 522. The minimum absolute atomic E-state index is 0. The molecule has 0 aliphatic heterocycles. The summed E-state index contributed by atoms with van der Waals surface area (Å²) in [4.78, 5) is 11.5. The number of hydrogen-bond donors (Lipinski definition) is 3. The van der Waals surface area contributed by atoms with Gasteiger partial charge in [0.2, 0.25) is 0 Å². The molecule has 0 bridgehead atoms. The summed E-state index contributed by atoms with van der Waals surface area (Å²) in [5, 5.41) is 16.7. The van der Waals surface area contributed by atoms with Gasteiger partial charge in [-0.2, -0.15) is 0 Å². The number of nitrogens with one attached hydrogen (secondary N) is 1. The van der Waals surface area contributed by atoms with E-state index in [0.29, 0.717) is 13.2 Å². The fraction of sp³-hybridized carbons (Fsp3) is 0.188. The number of benzene rings is 2. The molecule has 0 atom stereocenters. The molecule has 1 amide bonds. The molecule has 0 aliphatic carbocycles. The zero-order valence-electron chi connectivity index (χ0n) is 12.2. The van der Waals surface area contributed by atoms with E-state index < -0.39 is 0 Å². The van der Waals surface area contributed by atoms with Gasteiger partial charge < -0.3 is 20.1 Å². The molecule has 115 valence electrons. The van der Waals surface area contributed by atoms with Crippen LogP contribution in [0, 0.1) is 0 Å². The molecule has 1 radical (unpaired) electrons. The molecule has 2 aromatic rings. The Morgan fingerprint density at radius 1 is 0.955 bits per heavy atom. The van der Waals surface area contributed by atoms with E-state index in [1.54, 1.807) is 0 Å². The topological polar surface area (TPSA) is 78.8 Å². The lowest BCUT2D eigenvalue weighted by atomic mass is 10.1. The Morgan fingerprint density at radius 2 is 1.45 bits per heavy atom. The van der Waals surface area contributed by atoms with E-state index >= 15 is 0 Å². The average Bonchev–Trinajstić information content (AvgIpc) is 2.56. The SMILES string of the molecule is O=C(NCCc1ccccc1)OCc1ccccc1.O[B]O. The summed E-state index contributed by atoms with van der Waals surface area (Å²) in [5.41, 5.74) is 2.19. The van der Waals surface area contributed by atoms with Crippen LogP contribution in [0.5, 0.6) is 0 Å². The van der Waals surface area contributed by atoms with E-state index in [4.69, 9.17) is 14.8 Å². The van der Waals surface area contributed by atoms with Crippen molar-refractivity contribution in [2.45, 2.75) is 13.0 Å². The van der Waals surface area contributed by atoms with Gasteiger partial charge in [0.15, 0.2) is 0 Å². The predicted molar refractivity (Wildman–Crippen MR) is 85.0 cm³/mol. The van der Waals surface area contributed by atoms with E-state index in [1.165, 1.54) is 5.56 Å². The number of ether oxygens (including phenoxy) is 1. The summed E-state index contributed by atoms with van der Waals surface area (Å²) in [6.07, 6.45) is 0.432. The molecule has 0 spiro atoms. The zero-order chi connectivity index (χ0) is 16.0. The minimum atomic E-state index is -0.375. The Hall–Kier alpha value is -2.31. The second-order valence-electron chi connectivity index (χ2n) is 4.34. The van der Waals surface area contributed by atoms with E-state index in [-0.39, 0.29) is 13.8 Å². The first kappa shape index (κ1) is 17.7. The molecule has 2 aromatic carbocycles. The lowest BCUT2D eigenvalue weighted by Gasteiger charge is -2.07. The molecule has 0 aliphatic rings. The Kier molecular flexibility index (Phi) is 9.17. The number of hydrogen-bond acceptors (Lipinski definition) is 4. The maximum Gasteiger partial charge on any atom is 0.482 e. The zero-order valence-corrected chi connectivity index (χ0v) is 12.2. The van der Waals surface area contributed by atoms with Gasteiger partial charge in [-0.15, -0.1) is 0 Å². The third kappa shape index (κ3) is 8.09. The molecule has 3 N–H and O–H groups in total. The minimum Gasteiger partial charge on any atom is -0.445 e. The van der Waals surface area contributed by atoms with Gasteiger partial charge in [-0.25, -0.2) is 4.79 Å². The van der Waals surface area contributed by atoms with Gasteiger partial charge in [0.25, 0.3) is 0 Å². The lowest BCUT2D eigenvalue weighted by Crippen LogP contribution is -2.26. The summed E-state index contributed by atoms with van der Waals surface area (Å²) >= 11 is 0. The first-order valence-electron chi connectivity index (χ1n) is 6.85. The highest BCUT2D eigenvalue weighted by atomic mass is 16.5. The molecule has 5 nitrogen and oxygen atoms in total. The molecule has 0 heterocycles. The maximum absolute atomic E-state index is 11.5. The smallest absolute Gasteiger partial charge is 0.445 e. The van der Waals surface area contributed by atoms with Gasteiger partial charge in [-0.1, -0.05) is 60.7 Å². The van der Waals surface area contributed by atoms with Gasteiger partial charge in [-0.3, -0.25) is 0 Å². The second-order valence-corrected chi connectivity index (χ2v) is 4.34. The highest BCUT2D eigenvalue weighted by Crippen LogP contribution is 2.01. The van der Waals surface area contributed by atoms with Crippen LogP contribution in [0.3, 0.4) is 0 Å². The van der Waals surface area contributed by atoms with Crippen molar-refractivity contribution >= 4 is 13.8 Å². The molecule has 0 saturated carbocycles. The Morgan fingerprint density at radius 3 is 2.00 bits per heavy atom.